The minimum atomic E-state index is -4.46. The van der Waals surface area contributed by atoms with E-state index in [9.17, 15) is 18.3 Å². The molecule has 1 heterocycles. The van der Waals surface area contributed by atoms with Crippen LogP contribution in [0.2, 0.25) is 0 Å². The summed E-state index contributed by atoms with van der Waals surface area (Å²) in [5.74, 6) is 0.00153. The molecular weight excluding hydrogens is 257 g/mol. The topological polar surface area (TPSA) is 45.1 Å². The molecule has 1 aromatic heterocycles. The molecule has 0 aliphatic heterocycles. The number of halogens is 3. The Bertz CT molecular complexity index is 417. The highest BCUT2D eigenvalue weighted by Gasteiger charge is 2.34. The van der Waals surface area contributed by atoms with Crippen molar-refractivity contribution in [3.63, 3.8) is 0 Å². The van der Waals surface area contributed by atoms with Crippen molar-refractivity contribution in [3.05, 3.63) is 23.9 Å². The second kappa shape index (κ2) is 5.77. The summed E-state index contributed by atoms with van der Waals surface area (Å²) in [4.78, 5) is 3.69. The highest BCUT2D eigenvalue weighted by molar-refractivity contribution is 5.45. The van der Waals surface area contributed by atoms with Gasteiger partial charge in [0.25, 0.3) is 0 Å². The number of nitrogens with one attached hydrogen (secondary N) is 1. The molecule has 2 N–H and O–H groups in total. The Morgan fingerprint density at radius 2 is 2.00 bits per heavy atom. The standard InChI is InChI=1S/C13H19F3N2O/c1-9(2)7-12(3,19)8-18-11-10(13(14,15)16)5-4-6-17-11/h4-6,9,19H,7-8H2,1-3H3,(H,17,18). The van der Waals surface area contributed by atoms with E-state index in [1.54, 1.807) is 6.92 Å². The zero-order chi connectivity index (χ0) is 14.7. The highest BCUT2D eigenvalue weighted by Crippen LogP contribution is 2.33. The van der Waals surface area contributed by atoms with Gasteiger partial charge in [-0.2, -0.15) is 13.2 Å². The van der Waals surface area contributed by atoms with Crippen LogP contribution in [-0.4, -0.2) is 22.2 Å². The van der Waals surface area contributed by atoms with E-state index >= 15 is 0 Å². The van der Waals surface area contributed by atoms with Crippen molar-refractivity contribution in [2.24, 2.45) is 5.92 Å². The number of anilines is 1. The molecule has 0 aromatic carbocycles. The van der Waals surface area contributed by atoms with Crippen LogP contribution in [0.25, 0.3) is 0 Å². The Morgan fingerprint density at radius 3 is 2.53 bits per heavy atom. The van der Waals surface area contributed by atoms with E-state index in [-0.39, 0.29) is 18.3 Å². The molecule has 0 radical (unpaired) electrons. The van der Waals surface area contributed by atoms with Gasteiger partial charge in [0.2, 0.25) is 0 Å². The Morgan fingerprint density at radius 1 is 1.37 bits per heavy atom. The Kier molecular flexibility index (Phi) is 4.79. The zero-order valence-corrected chi connectivity index (χ0v) is 11.3. The number of aromatic nitrogens is 1. The maximum atomic E-state index is 12.7. The third kappa shape index (κ3) is 5.06. The number of pyridine rings is 1. The van der Waals surface area contributed by atoms with Gasteiger partial charge in [-0.25, -0.2) is 4.98 Å². The maximum Gasteiger partial charge on any atom is 0.419 e. The summed E-state index contributed by atoms with van der Waals surface area (Å²) >= 11 is 0. The van der Waals surface area contributed by atoms with Crippen molar-refractivity contribution in [2.75, 3.05) is 11.9 Å². The molecule has 1 unspecified atom stereocenters. The van der Waals surface area contributed by atoms with Gasteiger partial charge >= 0.3 is 6.18 Å². The largest absolute Gasteiger partial charge is 0.419 e. The monoisotopic (exact) mass is 276 g/mol. The first-order valence-electron chi connectivity index (χ1n) is 6.10. The average Bonchev–Trinajstić information content (AvgIpc) is 2.24. The Balaban J connectivity index is 2.79. The molecule has 1 aromatic rings. The molecule has 0 bridgehead atoms. The van der Waals surface area contributed by atoms with Crippen molar-refractivity contribution >= 4 is 5.82 Å². The number of hydrogen-bond acceptors (Lipinski definition) is 3. The van der Waals surface area contributed by atoms with Crippen LogP contribution in [0, 0.1) is 5.92 Å². The van der Waals surface area contributed by atoms with Crippen molar-refractivity contribution in [3.8, 4) is 0 Å². The predicted octanol–water partition coefficient (Wildman–Crippen LogP) is 3.31. The van der Waals surface area contributed by atoms with Gasteiger partial charge in [0, 0.05) is 12.7 Å². The molecule has 0 amide bonds. The Labute approximate surface area is 110 Å². The van der Waals surface area contributed by atoms with Crippen LogP contribution in [0.15, 0.2) is 18.3 Å². The van der Waals surface area contributed by atoms with Gasteiger partial charge in [-0.15, -0.1) is 0 Å². The average molecular weight is 276 g/mol. The van der Waals surface area contributed by atoms with Crippen LogP contribution in [-0.2, 0) is 6.18 Å². The number of alkyl halides is 3. The molecule has 0 spiro atoms. The summed E-state index contributed by atoms with van der Waals surface area (Å²) in [5, 5.41) is 12.7. The fourth-order valence-corrected chi connectivity index (χ4v) is 2.00. The molecular formula is C13H19F3N2O. The third-order valence-corrected chi connectivity index (χ3v) is 2.60. The van der Waals surface area contributed by atoms with Gasteiger partial charge in [-0.1, -0.05) is 13.8 Å². The first-order chi connectivity index (χ1) is 8.62. The molecule has 108 valence electrons. The van der Waals surface area contributed by atoms with Crippen LogP contribution >= 0.6 is 0 Å². The molecule has 0 fully saturated rings. The van der Waals surface area contributed by atoms with Gasteiger partial charge in [0.15, 0.2) is 0 Å². The van der Waals surface area contributed by atoms with Gasteiger partial charge in [-0.3, -0.25) is 0 Å². The predicted molar refractivity (Wildman–Crippen MR) is 67.8 cm³/mol. The summed E-state index contributed by atoms with van der Waals surface area (Å²) in [6.45, 7) is 5.49. The minimum absolute atomic E-state index is 0.0191. The lowest BCUT2D eigenvalue weighted by molar-refractivity contribution is -0.137. The molecule has 19 heavy (non-hydrogen) atoms. The molecule has 6 heteroatoms. The van der Waals surface area contributed by atoms with Crippen LogP contribution in [0.3, 0.4) is 0 Å². The Hall–Kier alpha value is -1.30. The molecule has 0 aliphatic rings. The molecule has 3 nitrogen and oxygen atoms in total. The third-order valence-electron chi connectivity index (χ3n) is 2.60. The maximum absolute atomic E-state index is 12.7. The highest BCUT2D eigenvalue weighted by atomic mass is 19.4. The smallest absolute Gasteiger partial charge is 0.388 e. The normalized spacial score (nSPS) is 15.4. The van der Waals surface area contributed by atoms with E-state index in [0.717, 1.165) is 6.07 Å². The lowest BCUT2D eigenvalue weighted by Gasteiger charge is -2.26. The second-order valence-electron chi connectivity index (χ2n) is 5.35. The first kappa shape index (κ1) is 15.8. The fraction of sp³-hybridized carbons (Fsp3) is 0.615. The second-order valence-corrected chi connectivity index (χ2v) is 5.35. The molecule has 1 atom stereocenters. The SMILES string of the molecule is CC(C)CC(C)(O)CNc1ncccc1C(F)(F)F. The summed E-state index contributed by atoms with van der Waals surface area (Å²) in [5.41, 5.74) is -1.90. The van der Waals surface area contributed by atoms with Crippen LogP contribution in [0.4, 0.5) is 19.0 Å². The summed E-state index contributed by atoms with van der Waals surface area (Å²) in [6, 6.07) is 2.20. The fourth-order valence-electron chi connectivity index (χ4n) is 2.00. The van der Waals surface area contributed by atoms with Crippen molar-refractivity contribution in [2.45, 2.75) is 39.0 Å². The van der Waals surface area contributed by atoms with Crippen molar-refractivity contribution in [1.29, 1.82) is 0 Å². The van der Waals surface area contributed by atoms with Crippen molar-refractivity contribution < 1.29 is 18.3 Å². The van der Waals surface area contributed by atoms with Crippen molar-refractivity contribution in [1.82, 2.24) is 4.98 Å². The summed E-state index contributed by atoms with van der Waals surface area (Å²) < 4.78 is 38.2. The van der Waals surface area contributed by atoms with E-state index in [0.29, 0.717) is 6.42 Å². The van der Waals surface area contributed by atoms with E-state index < -0.39 is 17.3 Å². The quantitative estimate of drug-likeness (QED) is 0.867. The van der Waals surface area contributed by atoms with Gasteiger partial charge < -0.3 is 10.4 Å². The molecule has 0 saturated carbocycles. The summed E-state index contributed by atoms with van der Waals surface area (Å²) in [7, 11) is 0. The number of nitrogens with zero attached hydrogens (tertiary/aromatic N) is 1. The van der Waals surface area contributed by atoms with Crippen LogP contribution < -0.4 is 5.32 Å². The van der Waals surface area contributed by atoms with Crippen LogP contribution in [0.1, 0.15) is 32.8 Å². The van der Waals surface area contributed by atoms with Gasteiger partial charge in [-0.05, 0) is 31.4 Å². The molecule has 0 saturated heterocycles. The zero-order valence-electron chi connectivity index (χ0n) is 11.3. The lowest BCUT2D eigenvalue weighted by atomic mass is 9.94. The minimum Gasteiger partial charge on any atom is -0.388 e. The molecule has 0 aliphatic carbocycles. The van der Waals surface area contributed by atoms with E-state index in [4.69, 9.17) is 0 Å². The summed E-state index contributed by atoms with van der Waals surface area (Å²) in [6.07, 6.45) is -2.68. The van der Waals surface area contributed by atoms with E-state index in [2.05, 4.69) is 10.3 Å². The van der Waals surface area contributed by atoms with Crippen LogP contribution in [0.5, 0.6) is 0 Å². The number of aliphatic hydroxyl groups is 1. The van der Waals surface area contributed by atoms with E-state index in [1.807, 2.05) is 13.8 Å². The number of rotatable bonds is 5. The molecule has 1 rings (SSSR count). The first-order valence-corrected chi connectivity index (χ1v) is 6.10. The van der Waals surface area contributed by atoms with Gasteiger partial charge in [0.05, 0.1) is 11.2 Å². The number of hydrogen-bond donors (Lipinski definition) is 2. The lowest BCUT2D eigenvalue weighted by Crippen LogP contribution is -2.35. The van der Waals surface area contributed by atoms with E-state index in [1.165, 1.54) is 12.3 Å². The van der Waals surface area contributed by atoms with Gasteiger partial charge in [0.1, 0.15) is 5.82 Å².